The summed E-state index contributed by atoms with van der Waals surface area (Å²) in [6, 6.07) is 16.6. The second-order valence-corrected chi connectivity index (χ2v) is 13.0. The third-order valence-electron chi connectivity index (χ3n) is 9.43. The Balaban J connectivity index is 0.000000167. The summed E-state index contributed by atoms with van der Waals surface area (Å²) in [4.78, 5) is 37.7. The van der Waals surface area contributed by atoms with Crippen molar-refractivity contribution >= 4 is 29.3 Å². The first kappa shape index (κ1) is 29.6. The molecule has 4 aliphatic rings. The summed E-state index contributed by atoms with van der Waals surface area (Å²) in [6.07, 6.45) is 9.36. The van der Waals surface area contributed by atoms with Gasteiger partial charge in [0, 0.05) is 43.9 Å². The van der Waals surface area contributed by atoms with Crippen LogP contribution in [0.4, 0.5) is 0 Å². The number of Topliss-reactive ketones (excluding diaryl/α,β-unsaturated/α-hetero) is 1. The van der Waals surface area contributed by atoms with E-state index in [2.05, 4.69) is 53.6 Å². The van der Waals surface area contributed by atoms with Crippen LogP contribution in [-0.4, -0.2) is 45.5 Å². The number of benzene rings is 2. The third kappa shape index (κ3) is 7.56. The molecule has 7 rings (SSSR count). The van der Waals surface area contributed by atoms with E-state index in [9.17, 15) is 14.4 Å². The lowest BCUT2D eigenvalue weighted by Gasteiger charge is -2.26. The Hall–Kier alpha value is -3.45. The van der Waals surface area contributed by atoms with Crippen LogP contribution in [0.2, 0.25) is 0 Å². The smallest absolute Gasteiger partial charge is 0.341 e. The Morgan fingerprint density at radius 1 is 0.860 bits per heavy atom. The van der Waals surface area contributed by atoms with Crippen molar-refractivity contribution in [1.29, 1.82) is 0 Å². The fourth-order valence-electron chi connectivity index (χ4n) is 6.62. The molecule has 0 N–H and O–H groups in total. The summed E-state index contributed by atoms with van der Waals surface area (Å²) in [5, 5.41) is 4.22. The lowest BCUT2D eigenvalue weighted by Crippen LogP contribution is -2.36. The van der Waals surface area contributed by atoms with Crippen molar-refractivity contribution in [2.24, 2.45) is 29.6 Å². The number of amides is 1. The maximum atomic E-state index is 12.1. The first-order valence-corrected chi connectivity index (χ1v) is 16.1. The molecule has 3 aliphatic carbocycles. The molecular weight excluding hydrogens is 562 g/mol. The number of hydrogen-bond acceptors (Lipinski definition) is 5. The number of carbonyl (C=O) groups excluding carboxylic acids is 3. The molecule has 5 atom stereocenters. The molecule has 226 valence electrons. The molecule has 1 aromatic heterocycles. The minimum absolute atomic E-state index is 0.278. The van der Waals surface area contributed by atoms with Gasteiger partial charge in [-0.15, -0.1) is 11.6 Å². The van der Waals surface area contributed by atoms with Gasteiger partial charge >= 0.3 is 5.97 Å². The first-order valence-electron chi connectivity index (χ1n) is 15.6. The van der Waals surface area contributed by atoms with Gasteiger partial charge in [0.05, 0.1) is 24.9 Å². The zero-order chi connectivity index (χ0) is 29.9. The fraction of sp³-hybridized carbons (Fsp3) is 0.486. The van der Waals surface area contributed by atoms with Gasteiger partial charge in [0.1, 0.15) is 5.78 Å². The van der Waals surface area contributed by atoms with Crippen molar-refractivity contribution in [3.63, 3.8) is 0 Å². The quantitative estimate of drug-likeness (QED) is 0.220. The van der Waals surface area contributed by atoms with Crippen LogP contribution < -0.4 is 0 Å². The number of likely N-dealkylation sites (tertiary alicyclic amines) is 1. The highest BCUT2D eigenvalue weighted by atomic mass is 35.5. The van der Waals surface area contributed by atoms with Gasteiger partial charge in [0.25, 0.3) is 0 Å². The molecule has 1 aliphatic heterocycles. The minimum Gasteiger partial charge on any atom is -0.462 e. The average molecular weight is 602 g/mol. The van der Waals surface area contributed by atoms with Gasteiger partial charge in [-0.1, -0.05) is 48.5 Å². The zero-order valence-electron chi connectivity index (χ0n) is 24.8. The number of rotatable bonds is 9. The molecular formula is C35H40ClN3O4. The topological polar surface area (TPSA) is 81.5 Å². The molecule has 0 spiro atoms. The number of carbonyl (C=O) groups is 3. The molecule has 1 amide bonds. The number of hydrogen-bond donors (Lipinski definition) is 0. The Morgan fingerprint density at radius 2 is 1.51 bits per heavy atom. The Bertz CT molecular complexity index is 1450. The highest BCUT2D eigenvalue weighted by molar-refractivity contribution is 6.17. The molecule has 0 bridgehead atoms. The molecule has 2 heterocycles. The van der Waals surface area contributed by atoms with Crippen molar-refractivity contribution in [1.82, 2.24) is 14.7 Å². The number of aromatic nitrogens is 2. The van der Waals surface area contributed by atoms with Crippen LogP contribution >= 0.6 is 11.6 Å². The van der Waals surface area contributed by atoms with E-state index in [1.165, 1.54) is 24.6 Å². The summed E-state index contributed by atoms with van der Waals surface area (Å²) in [7, 11) is 0. The summed E-state index contributed by atoms with van der Waals surface area (Å²) < 4.78 is 6.70. The van der Waals surface area contributed by atoms with E-state index in [1.54, 1.807) is 17.8 Å². The monoisotopic (exact) mass is 601 g/mol. The largest absolute Gasteiger partial charge is 0.462 e. The number of piperidine rings is 1. The summed E-state index contributed by atoms with van der Waals surface area (Å²) >= 11 is 5.76. The SMILES string of the molecule is CCOC(=O)c1cnn(Cc2ccc(CN3CC4CC4CC3=O)cc2)c1.O=C1CC2CC2CC1Cc1ccc(CCl)cc1. The van der Waals surface area contributed by atoms with E-state index in [1.807, 2.05) is 4.90 Å². The normalized spacial score (nSPS) is 25.3. The maximum absolute atomic E-state index is 12.1. The molecule has 3 saturated carbocycles. The van der Waals surface area contributed by atoms with Crippen LogP contribution in [0.15, 0.2) is 60.9 Å². The molecule has 43 heavy (non-hydrogen) atoms. The number of alkyl halides is 1. The third-order valence-corrected chi connectivity index (χ3v) is 9.74. The number of nitrogens with zero attached hydrogens (tertiary/aromatic N) is 3. The summed E-state index contributed by atoms with van der Waals surface area (Å²) in [5.41, 5.74) is 5.13. The van der Waals surface area contributed by atoms with Crippen molar-refractivity contribution in [2.75, 3.05) is 13.2 Å². The number of esters is 1. The molecule has 0 radical (unpaired) electrons. The van der Waals surface area contributed by atoms with E-state index in [0.29, 0.717) is 42.8 Å². The van der Waals surface area contributed by atoms with Gasteiger partial charge in [-0.05, 0) is 78.5 Å². The Morgan fingerprint density at radius 3 is 2.23 bits per heavy atom. The van der Waals surface area contributed by atoms with Crippen molar-refractivity contribution in [3.05, 3.63) is 88.7 Å². The highest BCUT2D eigenvalue weighted by Gasteiger charge is 2.46. The van der Waals surface area contributed by atoms with Crippen LogP contribution in [-0.2, 0) is 39.7 Å². The summed E-state index contributed by atoms with van der Waals surface area (Å²) in [6.45, 7) is 4.33. The Kier molecular flexibility index (Phi) is 8.98. The molecule has 2 aromatic carbocycles. The standard InChI is InChI=1S/C20H23N3O3.C15H17ClO/c1-2-26-20(25)18-9-21-23(13-18)11-15-5-3-14(4-6-15)10-22-12-17-7-16(17)8-19(22)24;16-9-11-3-1-10(2-4-11)5-14-7-12-6-13(12)8-15(14)17/h3-6,9,13,16-17H,2,7-8,10-12H2,1H3;1-4,12-14H,5-9H2. The molecule has 5 unspecified atom stereocenters. The van der Waals surface area contributed by atoms with E-state index in [0.717, 1.165) is 66.7 Å². The molecule has 3 aromatic rings. The predicted octanol–water partition coefficient (Wildman–Crippen LogP) is 6.06. The first-order chi connectivity index (χ1) is 20.9. The van der Waals surface area contributed by atoms with Gasteiger partial charge in [-0.3, -0.25) is 14.3 Å². The minimum atomic E-state index is -0.349. The Labute approximate surface area is 258 Å². The number of ketones is 1. The molecule has 4 fully saturated rings. The van der Waals surface area contributed by atoms with E-state index in [-0.39, 0.29) is 17.8 Å². The number of halogens is 1. The van der Waals surface area contributed by atoms with Gasteiger partial charge in [0.2, 0.25) is 5.91 Å². The van der Waals surface area contributed by atoms with Crippen molar-refractivity contribution in [2.45, 2.75) is 64.4 Å². The number of fused-ring (bicyclic) bond motifs is 2. The van der Waals surface area contributed by atoms with E-state index >= 15 is 0 Å². The molecule has 7 nitrogen and oxygen atoms in total. The van der Waals surface area contributed by atoms with Crippen LogP contribution in [0.25, 0.3) is 0 Å². The van der Waals surface area contributed by atoms with Crippen LogP contribution in [0.1, 0.15) is 71.6 Å². The van der Waals surface area contributed by atoms with Gasteiger partial charge in [-0.25, -0.2) is 4.79 Å². The fourth-order valence-corrected chi connectivity index (χ4v) is 6.80. The van der Waals surface area contributed by atoms with E-state index < -0.39 is 0 Å². The highest BCUT2D eigenvalue weighted by Crippen LogP contribution is 2.50. The number of ether oxygens (including phenoxy) is 1. The van der Waals surface area contributed by atoms with E-state index in [4.69, 9.17) is 16.3 Å². The second-order valence-electron chi connectivity index (χ2n) is 12.7. The lowest BCUT2D eigenvalue weighted by molar-refractivity contribution is -0.134. The predicted molar refractivity (Wildman–Crippen MR) is 164 cm³/mol. The molecule has 8 heteroatoms. The average Bonchev–Trinajstić information content (AvgIpc) is 3.90. The summed E-state index contributed by atoms with van der Waals surface area (Å²) in [5.74, 6) is 4.28. The van der Waals surface area contributed by atoms with Crippen molar-refractivity contribution < 1.29 is 19.1 Å². The van der Waals surface area contributed by atoms with Gasteiger partial charge in [-0.2, -0.15) is 5.10 Å². The zero-order valence-corrected chi connectivity index (χ0v) is 25.5. The van der Waals surface area contributed by atoms with Gasteiger partial charge in [0.15, 0.2) is 0 Å². The second kappa shape index (κ2) is 13.0. The van der Waals surface area contributed by atoms with Crippen LogP contribution in [0.5, 0.6) is 0 Å². The van der Waals surface area contributed by atoms with Crippen LogP contribution in [0.3, 0.4) is 0 Å². The van der Waals surface area contributed by atoms with Crippen molar-refractivity contribution in [3.8, 4) is 0 Å². The molecule has 1 saturated heterocycles. The van der Waals surface area contributed by atoms with Crippen LogP contribution in [0, 0.1) is 29.6 Å². The maximum Gasteiger partial charge on any atom is 0.341 e. The lowest BCUT2D eigenvalue weighted by atomic mass is 9.83. The van der Waals surface area contributed by atoms with Gasteiger partial charge < -0.3 is 9.64 Å².